The van der Waals surface area contributed by atoms with Gasteiger partial charge >= 0.3 is 0 Å². The third kappa shape index (κ3) is 3.04. The van der Waals surface area contributed by atoms with Gasteiger partial charge in [-0.2, -0.15) is 0 Å². The highest BCUT2D eigenvalue weighted by molar-refractivity contribution is 8.00. The van der Waals surface area contributed by atoms with Crippen molar-refractivity contribution in [2.75, 3.05) is 0 Å². The molecule has 0 saturated carbocycles. The summed E-state index contributed by atoms with van der Waals surface area (Å²) in [7, 11) is 0. The number of aromatic amines is 1. The summed E-state index contributed by atoms with van der Waals surface area (Å²) in [5.41, 5.74) is 3.60. The minimum absolute atomic E-state index is 0.0306. The fourth-order valence-electron chi connectivity index (χ4n) is 2.88. The van der Waals surface area contributed by atoms with E-state index in [4.69, 9.17) is 4.42 Å². The van der Waals surface area contributed by atoms with Crippen LogP contribution in [0.4, 0.5) is 0 Å². The lowest BCUT2D eigenvalue weighted by atomic mass is 10.1. The van der Waals surface area contributed by atoms with E-state index in [1.807, 2.05) is 62.4 Å². The Kier molecular flexibility index (Phi) is 4.34. The molecule has 2 heterocycles. The molecule has 0 radical (unpaired) electrons. The molecule has 0 aliphatic heterocycles. The van der Waals surface area contributed by atoms with Crippen molar-refractivity contribution in [3.8, 4) is 11.5 Å². The average Bonchev–Trinajstić information content (AvgIpc) is 3.28. The molecule has 6 heteroatoms. The van der Waals surface area contributed by atoms with Crippen molar-refractivity contribution in [3.05, 3.63) is 65.9 Å². The van der Waals surface area contributed by atoms with E-state index in [0.717, 1.165) is 22.0 Å². The van der Waals surface area contributed by atoms with Crippen molar-refractivity contribution in [1.82, 2.24) is 15.2 Å². The Morgan fingerprint density at radius 3 is 2.73 bits per heavy atom. The van der Waals surface area contributed by atoms with Gasteiger partial charge in [0.25, 0.3) is 5.22 Å². The van der Waals surface area contributed by atoms with Crippen LogP contribution in [0.2, 0.25) is 0 Å². The molecule has 0 saturated heterocycles. The third-order valence-corrected chi connectivity index (χ3v) is 5.22. The molecule has 2 aromatic carbocycles. The number of Topliss-reactive ketones (excluding diaryl/α,β-unsaturated/α-hetero) is 1. The molecular formula is C20H17N3O2S. The van der Waals surface area contributed by atoms with Crippen LogP contribution in [0.3, 0.4) is 0 Å². The number of para-hydroxylation sites is 1. The van der Waals surface area contributed by atoms with Gasteiger partial charge in [-0.05, 0) is 31.5 Å². The minimum atomic E-state index is -0.334. The highest BCUT2D eigenvalue weighted by Crippen LogP contribution is 2.30. The largest absolute Gasteiger partial charge is 0.411 e. The van der Waals surface area contributed by atoms with Crippen LogP contribution in [0.1, 0.15) is 22.8 Å². The van der Waals surface area contributed by atoms with Crippen LogP contribution < -0.4 is 0 Å². The van der Waals surface area contributed by atoms with Crippen LogP contribution in [0.5, 0.6) is 0 Å². The summed E-state index contributed by atoms with van der Waals surface area (Å²) >= 11 is 1.28. The fraction of sp³-hybridized carbons (Fsp3) is 0.150. The molecule has 0 spiro atoms. The fourth-order valence-corrected chi connectivity index (χ4v) is 3.63. The van der Waals surface area contributed by atoms with Gasteiger partial charge in [0, 0.05) is 28.2 Å². The number of benzene rings is 2. The Morgan fingerprint density at radius 1 is 1.12 bits per heavy atom. The van der Waals surface area contributed by atoms with Gasteiger partial charge in [-0.1, -0.05) is 48.2 Å². The predicted octanol–water partition coefficient (Wildman–Crippen LogP) is 4.89. The molecule has 4 aromatic rings. The Hall–Kier alpha value is -2.86. The smallest absolute Gasteiger partial charge is 0.277 e. The number of fused-ring (bicyclic) bond motifs is 1. The Balaban J connectivity index is 1.54. The predicted molar refractivity (Wildman–Crippen MR) is 102 cm³/mol. The van der Waals surface area contributed by atoms with Crippen LogP contribution >= 0.6 is 11.8 Å². The number of nitrogens with zero attached hydrogens (tertiary/aromatic N) is 2. The number of aryl methyl sites for hydroxylation is 1. The van der Waals surface area contributed by atoms with Gasteiger partial charge < -0.3 is 9.40 Å². The summed E-state index contributed by atoms with van der Waals surface area (Å²) < 4.78 is 5.76. The first-order chi connectivity index (χ1) is 12.6. The topological polar surface area (TPSA) is 71.8 Å². The van der Waals surface area contributed by atoms with Gasteiger partial charge in [0.15, 0.2) is 5.78 Å². The quantitative estimate of drug-likeness (QED) is 0.404. The molecule has 0 unspecified atom stereocenters. The first kappa shape index (κ1) is 16.6. The van der Waals surface area contributed by atoms with E-state index < -0.39 is 0 Å². The molecule has 5 nitrogen and oxygen atoms in total. The number of ketones is 1. The van der Waals surface area contributed by atoms with E-state index in [9.17, 15) is 4.79 Å². The first-order valence-electron chi connectivity index (χ1n) is 8.30. The van der Waals surface area contributed by atoms with Crippen molar-refractivity contribution >= 4 is 28.4 Å². The molecule has 1 N–H and O–H groups in total. The van der Waals surface area contributed by atoms with Crippen molar-refractivity contribution in [2.45, 2.75) is 24.3 Å². The monoisotopic (exact) mass is 363 g/mol. The van der Waals surface area contributed by atoms with E-state index in [2.05, 4.69) is 15.2 Å². The van der Waals surface area contributed by atoms with Crippen molar-refractivity contribution < 1.29 is 9.21 Å². The lowest BCUT2D eigenvalue weighted by Crippen LogP contribution is -2.13. The van der Waals surface area contributed by atoms with Gasteiger partial charge in [0.05, 0.1) is 5.25 Å². The van der Waals surface area contributed by atoms with E-state index >= 15 is 0 Å². The molecule has 26 heavy (non-hydrogen) atoms. The number of rotatable bonds is 5. The second kappa shape index (κ2) is 6.80. The van der Waals surface area contributed by atoms with Crippen LogP contribution in [0, 0.1) is 6.92 Å². The molecule has 0 aliphatic carbocycles. The number of nitrogens with one attached hydrogen (secondary N) is 1. The number of hydrogen-bond acceptors (Lipinski definition) is 5. The molecule has 0 amide bonds. The van der Waals surface area contributed by atoms with E-state index in [-0.39, 0.29) is 11.0 Å². The van der Waals surface area contributed by atoms with Crippen molar-refractivity contribution in [3.63, 3.8) is 0 Å². The molecule has 1 atom stereocenters. The second-order valence-corrected chi connectivity index (χ2v) is 7.35. The molecule has 2 aromatic heterocycles. The summed E-state index contributed by atoms with van der Waals surface area (Å²) in [6.45, 7) is 3.85. The Morgan fingerprint density at radius 2 is 1.88 bits per heavy atom. The second-order valence-electron chi connectivity index (χ2n) is 6.06. The zero-order valence-corrected chi connectivity index (χ0v) is 15.2. The van der Waals surface area contributed by atoms with Crippen LogP contribution in [0.15, 0.2) is 64.4 Å². The number of hydrogen-bond donors (Lipinski definition) is 1. The number of carbonyl (C=O) groups excluding carboxylic acids is 1. The van der Waals surface area contributed by atoms with Gasteiger partial charge in [-0.25, -0.2) is 0 Å². The molecule has 130 valence electrons. The zero-order valence-electron chi connectivity index (χ0n) is 14.4. The maximum atomic E-state index is 12.8. The number of carbonyl (C=O) groups is 1. The normalized spacial score (nSPS) is 12.4. The van der Waals surface area contributed by atoms with Crippen LogP contribution in [-0.2, 0) is 0 Å². The number of thioether (sulfide) groups is 1. The number of aromatic nitrogens is 3. The first-order valence-corrected chi connectivity index (χ1v) is 9.18. The van der Waals surface area contributed by atoms with Crippen molar-refractivity contribution in [2.24, 2.45) is 0 Å². The standard InChI is InChI=1S/C20H17N3O2S/c1-12-7-3-4-8-14(12)19-22-23-20(25-19)26-13(2)18(24)16-11-21-17-10-6-5-9-15(16)17/h3-11,13,21H,1-2H3/t13-/m1/s1. The van der Waals surface area contributed by atoms with Gasteiger partial charge in [0.2, 0.25) is 5.89 Å². The molecule has 0 aliphatic rings. The summed E-state index contributed by atoms with van der Waals surface area (Å²) in [4.78, 5) is 16.0. The van der Waals surface area contributed by atoms with E-state index in [1.54, 1.807) is 6.20 Å². The lowest BCUT2D eigenvalue weighted by Gasteiger charge is -2.06. The SMILES string of the molecule is Cc1ccccc1-c1nnc(S[C@H](C)C(=O)c2c[nH]c3ccccc23)o1. The average molecular weight is 363 g/mol. The number of H-pyrrole nitrogens is 1. The van der Waals surface area contributed by atoms with Crippen LogP contribution in [-0.4, -0.2) is 26.2 Å². The van der Waals surface area contributed by atoms with Gasteiger partial charge in [0.1, 0.15) is 0 Å². The maximum Gasteiger partial charge on any atom is 0.277 e. The summed E-state index contributed by atoms with van der Waals surface area (Å²) in [6.07, 6.45) is 1.76. The highest BCUT2D eigenvalue weighted by atomic mass is 32.2. The van der Waals surface area contributed by atoms with Crippen LogP contribution in [0.25, 0.3) is 22.4 Å². The highest BCUT2D eigenvalue weighted by Gasteiger charge is 2.22. The van der Waals surface area contributed by atoms with E-state index in [0.29, 0.717) is 16.7 Å². The van der Waals surface area contributed by atoms with E-state index in [1.165, 1.54) is 11.8 Å². The molecule has 4 rings (SSSR count). The van der Waals surface area contributed by atoms with Gasteiger partial charge in [-0.3, -0.25) is 4.79 Å². The third-order valence-electron chi connectivity index (χ3n) is 4.28. The maximum absolute atomic E-state index is 12.8. The molecular weight excluding hydrogens is 346 g/mol. The lowest BCUT2D eigenvalue weighted by molar-refractivity contribution is 0.0995. The van der Waals surface area contributed by atoms with Crippen molar-refractivity contribution in [1.29, 1.82) is 0 Å². The molecule has 0 fully saturated rings. The molecule has 0 bridgehead atoms. The summed E-state index contributed by atoms with van der Waals surface area (Å²) in [5.74, 6) is 0.500. The Bertz CT molecular complexity index is 1080. The Labute approximate surface area is 154 Å². The summed E-state index contributed by atoms with van der Waals surface area (Å²) in [6, 6.07) is 15.6. The minimum Gasteiger partial charge on any atom is -0.411 e. The summed E-state index contributed by atoms with van der Waals surface area (Å²) in [5, 5.41) is 9.19. The zero-order chi connectivity index (χ0) is 18.1. The van der Waals surface area contributed by atoms with Gasteiger partial charge in [-0.15, -0.1) is 10.2 Å².